The summed E-state index contributed by atoms with van der Waals surface area (Å²) in [6.07, 6.45) is 0.384. The smallest absolute Gasteiger partial charge is 0.313 e. The van der Waals surface area contributed by atoms with Crippen LogP contribution < -0.4 is 10.6 Å². The van der Waals surface area contributed by atoms with Crippen LogP contribution in [0.1, 0.15) is 20.3 Å². The highest BCUT2D eigenvalue weighted by atomic mass is 35.5. The Morgan fingerprint density at radius 2 is 1.90 bits per heavy atom. The van der Waals surface area contributed by atoms with E-state index in [0.717, 1.165) is 0 Å². The number of benzene rings is 1. The number of aliphatic hydroxyl groups excluding tert-OH is 1. The molecule has 0 saturated heterocycles. The largest absolute Gasteiger partial charge is 0.396 e. The summed E-state index contributed by atoms with van der Waals surface area (Å²) in [5.41, 5.74) is 0.271. The number of halogens is 2. The molecule has 3 N–H and O–H groups in total. The van der Waals surface area contributed by atoms with Gasteiger partial charge in [0.25, 0.3) is 0 Å². The van der Waals surface area contributed by atoms with Crippen LogP contribution in [0.15, 0.2) is 18.2 Å². The number of aliphatic hydroxyl groups is 1. The molecule has 0 aliphatic carbocycles. The summed E-state index contributed by atoms with van der Waals surface area (Å²) in [6.45, 7) is 3.73. The lowest BCUT2D eigenvalue weighted by atomic mass is 10.0. The maximum absolute atomic E-state index is 11.9. The first-order valence-corrected chi connectivity index (χ1v) is 7.29. The van der Waals surface area contributed by atoms with Crippen LogP contribution in [0.5, 0.6) is 0 Å². The molecule has 1 aromatic rings. The summed E-state index contributed by atoms with van der Waals surface area (Å²) < 4.78 is 0. The normalized spacial score (nSPS) is 12.1. The molecule has 2 amide bonds. The molecule has 0 fully saturated rings. The van der Waals surface area contributed by atoms with E-state index in [1.54, 1.807) is 18.2 Å². The Bertz CT molecular complexity index is 521. The van der Waals surface area contributed by atoms with Gasteiger partial charge < -0.3 is 15.7 Å². The van der Waals surface area contributed by atoms with Crippen LogP contribution in [0.25, 0.3) is 0 Å². The predicted molar refractivity (Wildman–Crippen MR) is 83.6 cm³/mol. The number of nitrogens with one attached hydrogen (secondary N) is 2. The number of anilines is 1. The van der Waals surface area contributed by atoms with E-state index in [4.69, 9.17) is 28.3 Å². The Labute approximate surface area is 133 Å². The lowest BCUT2D eigenvalue weighted by Gasteiger charge is -2.21. The number of hydrogen-bond donors (Lipinski definition) is 3. The first-order valence-electron chi connectivity index (χ1n) is 6.53. The van der Waals surface area contributed by atoms with Gasteiger partial charge in [0.2, 0.25) is 0 Å². The fraction of sp³-hybridized carbons (Fsp3) is 0.429. The lowest BCUT2D eigenvalue weighted by Crippen LogP contribution is -2.44. The highest BCUT2D eigenvalue weighted by molar-refractivity contribution is 6.45. The zero-order valence-corrected chi connectivity index (χ0v) is 13.3. The molecule has 0 bridgehead atoms. The van der Waals surface area contributed by atoms with Gasteiger partial charge in [0.15, 0.2) is 0 Å². The van der Waals surface area contributed by atoms with E-state index in [2.05, 4.69) is 10.6 Å². The fourth-order valence-corrected chi connectivity index (χ4v) is 2.07. The van der Waals surface area contributed by atoms with Gasteiger partial charge in [-0.05, 0) is 24.5 Å². The molecule has 1 aromatic carbocycles. The molecule has 1 atom stereocenters. The van der Waals surface area contributed by atoms with Crippen molar-refractivity contribution in [2.75, 3.05) is 11.9 Å². The number of rotatable bonds is 5. The molecule has 1 rings (SSSR count). The summed E-state index contributed by atoms with van der Waals surface area (Å²) in [4.78, 5) is 23.7. The van der Waals surface area contributed by atoms with Gasteiger partial charge in [-0.3, -0.25) is 9.59 Å². The van der Waals surface area contributed by atoms with Crippen molar-refractivity contribution in [3.63, 3.8) is 0 Å². The fourth-order valence-electron chi connectivity index (χ4n) is 1.72. The van der Waals surface area contributed by atoms with Crippen LogP contribution in [-0.2, 0) is 9.59 Å². The quantitative estimate of drug-likeness (QED) is 0.724. The Morgan fingerprint density at radius 3 is 2.48 bits per heavy atom. The van der Waals surface area contributed by atoms with Crippen molar-refractivity contribution in [2.45, 2.75) is 26.3 Å². The highest BCUT2D eigenvalue weighted by Crippen LogP contribution is 2.29. The van der Waals surface area contributed by atoms with Crippen molar-refractivity contribution < 1.29 is 14.7 Å². The van der Waals surface area contributed by atoms with E-state index in [-0.39, 0.29) is 34.3 Å². The summed E-state index contributed by atoms with van der Waals surface area (Å²) >= 11 is 11.8. The number of carbonyl (C=O) groups excluding carboxylic acids is 2. The Morgan fingerprint density at radius 1 is 1.24 bits per heavy atom. The second-order valence-electron chi connectivity index (χ2n) is 4.89. The molecule has 0 spiro atoms. The third kappa shape index (κ3) is 5.19. The van der Waals surface area contributed by atoms with Gasteiger partial charge in [-0.2, -0.15) is 0 Å². The molecular weight excluding hydrogens is 315 g/mol. The Hall–Kier alpha value is -1.30. The summed E-state index contributed by atoms with van der Waals surface area (Å²) in [5.74, 6) is -1.51. The van der Waals surface area contributed by atoms with Gasteiger partial charge in [-0.1, -0.05) is 43.1 Å². The van der Waals surface area contributed by atoms with Gasteiger partial charge >= 0.3 is 11.8 Å². The summed E-state index contributed by atoms with van der Waals surface area (Å²) in [7, 11) is 0. The van der Waals surface area contributed by atoms with E-state index in [1.165, 1.54) is 0 Å². The van der Waals surface area contributed by atoms with Crippen LogP contribution in [-0.4, -0.2) is 29.6 Å². The number of carbonyl (C=O) groups is 2. The van der Waals surface area contributed by atoms with E-state index in [1.807, 2.05) is 13.8 Å². The molecule has 116 valence electrons. The van der Waals surface area contributed by atoms with Gasteiger partial charge in [-0.25, -0.2) is 0 Å². The molecule has 0 aliphatic heterocycles. The minimum absolute atomic E-state index is 0.0646. The third-order valence-corrected chi connectivity index (χ3v) is 3.79. The minimum Gasteiger partial charge on any atom is -0.396 e. The molecule has 0 aliphatic rings. The maximum Gasteiger partial charge on any atom is 0.313 e. The third-order valence-electron chi connectivity index (χ3n) is 2.97. The zero-order valence-electron chi connectivity index (χ0n) is 11.8. The molecule has 0 radical (unpaired) electrons. The maximum atomic E-state index is 11.9. The van der Waals surface area contributed by atoms with Crippen molar-refractivity contribution in [2.24, 2.45) is 5.92 Å². The van der Waals surface area contributed by atoms with Crippen molar-refractivity contribution in [1.82, 2.24) is 5.32 Å². The van der Waals surface area contributed by atoms with Crippen LogP contribution in [0, 0.1) is 5.92 Å². The molecule has 0 saturated carbocycles. The lowest BCUT2D eigenvalue weighted by molar-refractivity contribution is -0.136. The molecule has 5 nitrogen and oxygen atoms in total. The van der Waals surface area contributed by atoms with E-state index >= 15 is 0 Å². The molecule has 21 heavy (non-hydrogen) atoms. The first-order chi connectivity index (χ1) is 9.86. The number of hydrogen-bond acceptors (Lipinski definition) is 3. The standard InChI is InChI=1S/C14H18Cl2N2O3/c1-8(2)10(6-7-19)17-13(20)14(21)18-11-5-3-4-9(15)12(11)16/h3-5,8,10,19H,6-7H2,1-2H3,(H,17,20)(H,18,21). The topological polar surface area (TPSA) is 78.4 Å². The second kappa shape index (κ2) is 8.22. The van der Waals surface area contributed by atoms with Gasteiger partial charge in [-0.15, -0.1) is 0 Å². The van der Waals surface area contributed by atoms with Crippen LogP contribution in [0.4, 0.5) is 5.69 Å². The monoisotopic (exact) mass is 332 g/mol. The van der Waals surface area contributed by atoms with Gasteiger partial charge in [0, 0.05) is 12.6 Å². The minimum atomic E-state index is -0.831. The molecule has 0 heterocycles. The molecule has 1 unspecified atom stereocenters. The van der Waals surface area contributed by atoms with Gasteiger partial charge in [0.05, 0.1) is 15.7 Å². The van der Waals surface area contributed by atoms with Crippen molar-refractivity contribution in [1.29, 1.82) is 0 Å². The average Bonchev–Trinajstić information content (AvgIpc) is 2.43. The summed E-state index contributed by atoms with van der Waals surface area (Å²) in [5, 5.41) is 14.4. The summed E-state index contributed by atoms with van der Waals surface area (Å²) in [6, 6.07) is 4.47. The van der Waals surface area contributed by atoms with Crippen LogP contribution >= 0.6 is 23.2 Å². The average molecular weight is 333 g/mol. The highest BCUT2D eigenvalue weighted by Gasteiger charge is 2.21. The van der Waals surface area contributed by atoms with E-state index < -0.39 is 11.8 Å². The predicted octanol–water partition coefficient (Wildman–Crippen LogP) is 2.46. The van der Waals surface area contributed by atoms with Crippen molar-refractivity contribution >= 4 is 40.7 Å². The molecular formula is C14H18Cl2N2O3. The molecule has 7 heteroatoms. The molecule has 0 aromatic heterocycles. The van der Waals surface area contributed by atoms with Crippen LogP contribution in [0.2, 0.25) is 10.0 Å². The first kappa shape index (κ1) is 17.8. The zero-order chi connectivity index (χ0) is 16.0. The second-order valence-corrected chi connectivity index (χ2v) is 5.68. The van der Waals surface area contributed by atoms with E-state index in [9.17, 15) is 9.59 Å². The van der Waals surface area contributed by atoms with Crippen LogP contribution in [0.3, 0.4) is 0 Å². The van der Waals surface area contributed by atoms with Crippen molar-refractivity contribution in [3.05, 3.63) is 28.2 Å². The van der Waals surface area contributed by atoms with Gasteiger partial charge in [0.1, 0.15) is 0 Å². The SMILES string of the molecule is CC(C)C(CCO)NC(=O)C(=O)Nc1cccc(Cl)c1Cl. The number of amides is 2. The van der Waals surface area contributed by atoms with Crippen molar-refractivity contribution in [3.8, 4) is 0 Å². The van der Waals surface area contributed by atoms with E-state index in [0.29, 0.717) is 6.42 Å². The Balaban J connectivity index is 2.70. The Kier molecular flexibility index (Phi) is 6.95.